The molecule has 1 atom stereocenters. The first kappa shape index (κ1) is 25.5. The number of aliphatic imine (C=N–C) groups is 1. The van der Waals surface area contributed by atoms with Gasteiger partial charge in [0.15, 0.2) is 5.60 Å². The maximum absolute atomic E-state index is 14.1. The summed E-state index contributed by atoms with van der Waals surface area (Å²) >= 11 is 5.98. The first-order valence-electron chi connectivity index (χ1n) is 10.2. The quantitative estimate of drug-likeness (QED) is 0.433. The van der Waals surface area contributed by atoms with E-state index in [0.717, 1.165) is 0 Å². The summed E-state index contributed by atoms with van der Waals surface area (Å²) in [6, 6.07) is 12.1. The molecule has 34 heavy (non-hydrogen) atoms. The number of carbonyl (C=O) groups excluding carboxylic acids is 1. The second-order valence-corrected chi connectivity index (χ2v) is 8.93. The normalized spacial score (nSPS) is 14.4. The van der Waals surface area contributed by atoms with Crippen LogP contribution in [-0.2, 0) is 5.41 Å². The number of ether oxygens (including phenoxy) is 1. The topological polar surface area (TPSA) is 97.8 Å². The number of nitrogens with two attached hydrogens (primary N) is 1. The largest absolute Gasteiger partial charge is 0.496 e. The molecule has 0 radical (unpaired) electrons. The first-order valence-corrected chi connectivity index (χ1v) is 10.5. The molecule has 0 aliphatic heterocycles. The number of hydrogen-bond acceptors (Lipinski definition) is 5. The molecular weight excluding hydrogens is 471 g/mol. The van der Waals surface area contributed by atoms with Gasteiger partial charge in [-0.2, -0.15) is 13.2 Å². The lowest BCUT2D eigenvalue weighted by Gasteiger charge is -2.36. The fourth-order valence-electron chi connectivity index (χ4n) is 3.78. The van der Waals surface area contributed by atoms with E-state index in [1.54, 1.807) is 32.0 Å². The van der Waals surface area contributed by atoms with Crippen molar-refractivity contribution in [2.75, 3.05) is 7.11 Å². The third-order valence-electron chi connectivity index (χ3n) is 5.47. The van der Waals surface area contributed by atoms with Crippen LogP contribution in [-0.4, -0.2) is 41.1 Å². The maximum Gasteiger partial charge on any atom is 0.422 e. The van der Waals surface area contributed by atoms with Gasteiger partial charge in [0.2, 0.25) is 0 Å². The van der Waals surface area contributed by atoms with Crippen LogP contribution in [0.1, 0.15) is 36.3 Å². The second kappa shape index (κ2) is 9.23. The van der Waals surface area contributed by atoms with Crippen molar-refractivity contribution >= 4 is 40.3 Å². The van der Waals surface area contributed by atoms with Gasteiger partial charge in [0, 0.05) is 16.6 Å². The third-order valence-corrected chi connectivity index (χ3v) is 5.71. The molecule has 2 aromatic carbocycles. The standard InChI is InChI=1S/C24H23ClF3N3O3/c1-22(2,16-9-7-14(25)11-20(16)34-3)12-23(33,24(26,27)28)13-30-17-5-4-6-18-15(17)8-10-19(31-18)21(29)32/h4-11,13,33H,12H2,1-3H3,(H2,29,32). The summed E-state index contributed by atoms with van der Waals surface area (Å²) in [5.74, 6) is -0.425. The molecular formula is C24H23ClF3N3O3. The Balaban J connectivity index is 2.03. The molecule has 0 bridgehead atoms. The molecule has 0 spiro atoms. The molecule has 0 aliphatic rings. The van der Waals surface area contributed by atoms with Crippen molar-refractivity contribution in [3.05, 3.63) is 64.8 Å². The zero-order valence-corrected chi connectivity index (χ0v) is 19.4. The molecule has 3 N–H and O–H groups in total. The maximum atomic E-state index is 14.1. The van der Waals surface area contributed by atoms with Gasteiger partial charge in [0.25, 0.3) is 5.91 Å². The van der Waals surface area contributed by atoms with Crippen LogP contribution in [0.2, 0.25) is 5.02 Å². The van der Waals surface area contributed by atoms with E-state index in [1.807, 2.05) is 0 Å². The van der Waals surface area contributed by atoms with Gasteiger partial charge in [-0.3, -0.25) is 9.79 Å². The summed E-state index contributed by atoms with van der Waals surface area (Å²) in [6.07, 6.45) is -5.26. The van der Waals surface area contributed by atoms with Crippen LogP contribution in [0.5, 0.6) is 5.75 Å². The lowest BCUT2D eigenvalue weighted by molar-refractivity contribution is -0.234. The zero-order chi connectivity index (χ0) is 25.3. The lowest BCUT2D eigenvalue weighted by atomic mass is 9.75. The SMILES string of the molecule is COc1cc(Cl)ccc1C(C)(C)CC(O)(C=Nc1cccc2nc(C(N)=O)ccc12)C(F)(F)F. The number of benzene rings is 2. The molecule has 0 saturated heterocycles. The number of rotatable bonds is 7. The fraction of sp³-hybridized carbons (Fsp3) is 0.292. The number of aliphatic hydroxyl groups is 1. The number of alkyl halides is 3. The van der Waals surface area contributed by atoms with Gasteiger partial charge in [-0.05, 0) is 53.8 Å². The Morgan fingerprint density at radius 1 is 1.21 bits per heavy atom. The summed E-state index contributed by atoms with van der Waals surface area (Å²) in [4.78, 5) is 19.4. The predicted molar refractivity (Wildman–Crippen MR) is 125 cm³/mol. The van der Waals surface area contributed by atoms with E-state index in [0.29, 0.717) is 33.5 Å². The number of aromatic nitrogens is 1. The molecule has 0 saturated carbocycles. The highest BCUT2D eigenvalue weighted by Crippen LogP contribution is 2.43. The number of carbonyl (C=O) groups is 1. The van der Waals surface area contributed by atoms with Crippen molar-refractivity contribution in [3.8, 4) is 5.75 Å². The van der Waals surface area contributed by atoms with Crippen molar-refractivity contribution in [1.29, 1.82) is 0 Å². The van der Waals surface area contributed by atoms with Crippen LogP contribution in [0, 0.1) is 0 Å². The van der Waals surface area contributed by atoms with Crippen LogP contribution in [0.4, 0.5) is 18.9 Å². The van der Waals surface area contributed by atoms with Crippen molar-refractivity contribution in [1.82, 2.24) is 4.98 Å². The smallest absolute Gasteiger partial charge is 0.422 e. The molecule has 1 heterocycles. The highest BCUT2D eigenvalue weighted by atomic mass is 35.5. The number of primary amides is 1. The number of nitrogens with zero attached hydrogens (tertiary/aromatic N) is 2. The summed E-state index contributed by atoms with van der Waals surface area (Å²) in [5.41, 5.74) is 1.73. The number of amides is 1. The van der Waals surface area contributed by atoms with Crippen LogP contribution in [0.3, 0.4) is 0 Å². The van der Waals surface area contributed by atoms with Gasteiger partial charge in [-0.15, -0.1) is 0 Å². The van der Waals surface area contributed by atoms with Crippen molar-refractivity contribution in [3.63, 3.8) is 0 Å². The highest BCUT2D eigenvalue weighted by molar-refractivity contribution is 6.30. The van der Waals surface area contributed by atoms with E-state index in [1.165, 1.54) is 37.4 Å². The number of hydrogen-bond donors (Lipinski definition) is 2. The van der Waals surface area contributed by atoms with Gasteiger partial charge in [-0.25, -0.2) is 4.98 Å². The van der Waals surface area contributed by atoms with E-state index in [2.05, 4.69) is 9.98 Å². The third kappa shape index (κ3) is 5.15. The minimum atomic E-state index is -5.02. The number of halogens is 4. The summed E-state index contributed by atoms with van der Waals surface area (Å²) in [5, 5.41) is 11.6. The van der Waals surface area contributed by atoms with E-state index < -0.39 is 29.5 Å². The minimum Gasteiger partial charge on any atom is -0.496 e. The average molecular weight is 494 g/mol. The molecule has 0 aliphatic carbocycles. The molecule has 0 fully saturated rings. The van der Waals surface area contributed by atoms with Crippen molar-refractivity contribution < 1.29 is 27.8 Å². The Hall–Kier alpha value is -3.17. The van der Waals surface area contributed by atoms with E-state index in [-0.39, 0.29) is 11.4 Å². The van der Waals surface area contributed by atoms with Gasteiger partial charge >= 0.3 is 6.18 Å². The summed E-state index contributed by atoms with van der Waals surface area (Å²) in [6.45, 7) is 3.13. The Morgan fingerprint density at radius 2 is 1.91 bits per heavy atom. The Kier molecular flexibility index (Phi) is 6.91. The average Bonchev–Trinajstić information content (AvgIpc) is 2.75. The number of pyridine rings is 1. The van der Waals surface area contributed by atoms with Crippen LogP contribution in [0.15, 0.2) is 53.5 Å². The molecule has 1 aromatic heterocycles. The van der Waals surface area contributed by atoms with Crippen LogP contribution in [0.25, 0.3) is 10.9 Å². The van der Waals surface area contributed by atoms with Gasteiger partial charge in [0.1, 0.15) is 11.4 Å². The van der Waals surface area contributed by atoms with Gasteiger partial charge in [0.05, 0.1) is 18.3 Å². The summed E-state index contributed by atoms with van der Waals surface area (Å²) < 4.78 is 47.6. The summed E-state index contributed by atoms with van der Waals surface area (Å²) in [7, 11) is 1.39. The monoisotopic (exact) mass is 493 g/mol. The van der Waals surface area contributed by atoms with Crippen LogP contribution >= 0.6 is 11.6 Å². The highest BCUT2D eigenvalue weighted by Gasteiger charge is 2.55. The lowest BCUT2D eigenvalue weighted by Crippen LogP contribution is -2.50. The van der Waals surface area contributed by atoms with Crippen molar-refractivity contribution in [2.24, 2.45) is 10.7 Å². The van der Waals surface area contributed by atoms with Crippen molar-refractivity contribution in [2.45, 2.75) is 37.5 Å². The van der Waals surface area contributed by atoms with Gasteiger partial charge < -0.3 is 15.6 Å². The zero-order valence-electron chi connectivity index (χ0n) is 18.7. The molecule has 180 valence electrons. The number of fused-ring (bicyclic) bond motifs is 1. The van der Waals surface area contributed by atoms with E-state index >= 15 is 0 Å². The minimum absolute atomic E-state index is 0.0130. The second-order valence-electron chi connectivity index (χ2n) is 8.49. The fourth-order valence-corrected chi connectivity index (χ4v) is 3.94. The molecule has 10 heteroatoms. The van der Waals surface area contributed by atoms with E-state index in [4.69, 9.17) is 22.1 Å². The molecule has 1 amide bonds. The molecule has 3 rings (SSSR count). The molecule has 1 unspecified atom stereocenters. The van der Waals surface area contributed by atoms with E-state index in [9.17, 15) is 23.1 Å². The van der Waals surface area contributed by atoms with Gasteiger partial charge in [-0.1, -0.05) is 37.6 Å². The molecule has 6 nitrogen and oxygen atoms in total. The molecule has 3 aromatic rings. The number of methoxy groups -OCH3 is 1. The Labute approximate surface area is 199 Å². The first-order chi connectivity index (χ1) is 15.8. The Bertz CT molecular complexity index is 1260. The predicted octanol–water partition coefficient (Wildman–Crippen LogP) is 5.36. The Morgan fingerprint density at radius 3 is 2.53 bits per heavy atom. The van der Waals surface area contributed by atoms with Crippen LogP contribution < -0.4 is 10.5 Å².